The minimum atomic E-state index is 0.0456. The van der Waals surface area contributed by atoms with Gasteiger partial charge in [-0.2, -0.15) is 4.98 Å². The summed E-state index contributed by atoms with van der Waals surface area (Å²) in [6, 6.07) is 18.4. The summed E-state index contributed by atoms with van der Waals surface area (Å²) in [5, 5.41) is 3.96. The number of benzene rings is 2. The third kappa shape index (κ3) is 3.43. The van der Waals surface area contributed by atoms with Gasteiger partial charge in [0, 0.05) is 43.1 Å². The van der Waals surface area contributed by atoms with Gasteiger partial charge in [-0.25, -0.2) is 5.43 Å². The summed E-state index contributed by atoms with van der Waals surface area (Å²) in [5.74, 6) is 1.39. The maximum absolute atomic E-state index is 13.2. The number of aryl methyl sites for hydroxylation is 1. The highest BCUT2D eigenvalue weighted by molar-refractivity contribution is 5.95. The Morgan fingerprint density at radius 2 is 2.00 bits per heavy atom. The molecule has 2 saturated heterocycles. The minimum Gasteiger partial charge on any atom is -0.339 e. The highest BCUT2D eigenvalue weighted by atomic mass is 16.5. The molecule has 148 valence electrons. The van der Waals surface area contributed by atoms with Crippen LogP contribution in [0, 0.1) is 12.8 Å². The number of carbonyl (C=O) groups is 1. The normalized spacial score (nSPS) is 23.8. The van der Waals surface area contributed by atoms with Crippen molar-refractivity contribution in [2.75, 3.05) is 13.1 Å². The minimum absolute atomic E-state index is 0.0456. The summed E-state index contributed by atoms with van der Waals surface area (Å²) in [6.45, 7) is 3.21. The average molecular weight is 389 g/mol. The predicted molar refractivity (Wildman–Crippen MR) is 108 cm³/mol. The van der Waals surface area contributed by atoms with Crippen LogP contribution in [0.25, 0.3) is 11.4 Å². The Morgan fingerprint density at radius 3 is 2.79 bits per heavy atom. The molecule has 0 bridgehead atoms. The van der Waals surface area contributed by atoms with Crippen LogP contribution in [0.1, 0.15) is 34.3 Å². The second-order valence-electron chi connectivity index (χ2n) is 7.71. The fraction of sp³-hybridized carbons (Fsp3) is 0.318. The van der Waals surface area contributed by atoms with Gasteiger partial charge in [0.25, 0.3) is 5.91 Å². The SMILES string of the molecule is Cc1nc(-c2cccc(C(=O)N3CCC4NNC(c5ccccc5)C4C3)c2)no1. The van der Waals surface area contributed by atoms with E-state index in [1.807, 2.05) is 35.2 Å². The molecular formula is C22H23N5O2. The van der Waals surface area contributed by atoms with E-state index in [1.54, 1.807) is 6.92 Å². The molecule has 1 aromatic heterocycles. The Kier molecular flexibility index (Phi) is 4.61. The van der Waals surface area contributed by atoms with E-state index >= 15 is 0 Å². The van der Waals surface area contributed by atoms with Crippen LogP contribution in [0.4, 0.5) is 0 Å². The van der Waals surface area contributed by atoms with Gasteiger partial charge in [0.15, 0.2) is 0 Å². The van der Waals surface area contributed by atoms with E-state index in [1.165, 1.54) is 5.56 Å². The summed E-state index contributed by atoms with van der Waals surface area (Å²) in [5.41, 5.74) is 9.54. The largest absolute Gasteiger partial charge is 0.339 e. The molecule has 1 amide bonds. The Balaban J connectivity index is 1.36. The second-order valence-corrected chi connectivity index (χ2v) is 7.71. The van der Waals surface area contributed by atoms with Gasteiger partial charge in [0.05, 0.1) is 6.04 Å². The molecule has 3 atom stereocenters. The number of hydrogen-bond acceptors (Lipinski definition) is 6. The monoisotopic (exact) mass is 389 g/mol. The topological polar surface area (TPSA) is 83.3 Å². The maximum atomic E-state index is 13.2. The molecule has 2 N–H and O–H groups in total. The third-order valence-electron chi connectivity index (χ3n) is 5.85. The molecule has 7 nitrogen and oxygen atoms in total. The molecule has 0 radical (unpaired) electrons. The van der Waals surface area contributed by atoms with Crippen LogP contribution in [0.2, 0.25) is 0 Å². The van der Waals surface area contributed by atoms with Crippen LogP contribution in [-0.4, -0.2) is 40.1 Å². The Bertz CT molecular complexity index is 1020. The predicted octanol–water partition coefficient (Wildman–Crippen LogP) is 2.72. The number of hydrogen-bond donors (Lipinski definition) is 2. The highest BCUT2D eigenvalue weighted by Crippen LogP contribution is 2.34. The van der Waals surface area contributed by atoms with E-state index in [2.05, 4.69) is 45.3 Å². The smallest absolute Gasteiger partial charge is 0.253 e. The lowest BCUT2D eigenvalue weighted by Crippen LogP contribution is -2.47. The van der Waals surface area contributed by atoms with Crippen LogP contribution in [0.3, 0.4) is 0 Å². The van der Waals surface area contributed by atoms with Crippen LogP contribution in [0.15, 0.2) is 59.1 Å². The zero-order valence-electron chi connectivity index (χ0n) is 16.2. The fourth-order valence-corrected chi connectivity index (χ4v) is 4.37. The van der Waals surface area contributed by atoms with Crippen molar-refractivity contribution in [1.29, 1.82) is 0 Å². The lowest BCUT2D eigenvalue weighted by atomic mass is 9.85. The number of aromatic nitrogens is 2. The quantitative estimate of drug-likeness (QED) is 0.717. The number of amides is 1. The van der Waals surface area contributed by atoms with E-state index < -0.39 is 0 Å². The first kappa shape index (κ1) is 18.0. The lowest BCUT2D eigenvalue weighted by Gasteiger charge is -2.36. The van der Waals surface area contributed by atoms with Crippen molar-refractivity contribution in [3.8, 4) is 11.4 Å². The van der Waals surface area contributed by atoms with E-state index in [4.69, 9.17) is 4.52 Å². The van der Waals surface area contributed by atoms with Crippen molar-refractivity contribution in [3.63, 3.8) is 0 Å². The molecule has 5 rings (SSSR count). The fourth-order valence-electron chi connectivity index (χ4n) is 4.37. The Labute approximate surface area is 169 Å². The van der Waals surface area contributed by atoms with E-state index in [9.17, 15) is 4.79 Å². The Hall–Kier alpha value is -3.03. The molecule has 7 heteroatoms. The van der Waals surface area contributed by atoms with Crippen LogP contribution in [-0.2, 0) is 0 Å². The molecule has 0 aliphatic carbocycles. The molecule has 2 fully saturated rings. The van der Waals surface area contributed by atoms with Crippen LogP contribution < -0.4 is 10.9 Å². The van der Waals surface area contributed by atoms with Gasteiger partial charge in [-0.3, -0.25) is 10.2 Å². The summed E-state index contributed by atoms with van der Waals surface area (Å²) in [4.78, 5) is 19.5. The van der Waals surface area contributed by atoms with Crippen molar-refractivity contribution in [2.45, 2.75) is 25.4 Å². The summed E-state index contributed by atoms with van der Waals surface area (Å²) in [6.07, 6.45) is 0.927. The number of fused-ring (bicyclic) bond motifs is 1. The van der Waals surface area contributed by atoms with Gasteiger partial charge in [-0.05, 0) is 24.1 Å². The van der Waals surface area contributed by atoms with Crippen molar-refractivity contribution < 1.29 is 9.32 Å². The van der Waals surface area contributed by atoms with Crippen LogP contribution in [0.5, 0.6) is 0 Å². The van der Waals surface area contributed by atoms with Crippen molar-refractivity contribution in [1.82, 2.24) is 25.9 Å². The molecule has 3 heterocycles. The summed E-state index contributed by atoms with van der Waals surface area (Å²) in [7, 11) is 0. The maximum Gasteiger partial charge on any atom is 0.253 e. The van der Waals surface area contributed by atoms with Crippen molar-refractivity contribution in [3.05, 3.63) is 71.6 Å². The number of carbonyl (C=O) groups excluding carboxylic acids is 1. The van der Waals surface area contributed by atoms with E-state index in [0.29, 0.717) is 35.8 Å². The van der Waals surface area contributed by atoms with Gasteiger partial charge < -0.3 is 9.42 Å². The van der Waals surface area contributed by atoms with Crippen LogP contribution >= 0.6 is 0 Å². The highest BCUT2D eigenvalue weighted by Gasteiger charge is 2.41. The first-order valence-electron chi connectivity index (χ1n) is 9.95. The van der Waals surface area contributed by atoms with Crippen molar-refractivity contribution >= 4 is 5.91 Å². The molecule has 3 aromatic rings. The van der Waals surface area contributed by atoms with Gasteiger partial charge >= 0.3 is 0 Å². The van der Waals surface area contributed by atoms with Crippen molar-refractivity contribution in [2.24, 2.45) is 5.92 Å². The first-order valence-corrected chi connectivity index (χ1v) is 9.95. The molecule has 2 aliphatic rings. The number of likely N-dealkylation sites (tertiary alicyclic amines) is 1. The van der Waals surface area contributed by atoms with E-state index in [0.717, 1.165) is 18.5 Å². The number of piperidine rings is 1. The number of hydrazine groups is 1. The molecular weight excluding hydrogens is 366 g/mol. The van der Waals surface area contributed by atoms with Gasteiger partial charge in [-0.15, -0.1) is 0 Å². The van der Waals surface area contributed by atoms with Gasteiger partial charge in [0.1, 0.15) is 0 Å². The zero-order chi connectivity index (χ0) is 19.8. The number of rotatable bonds is 3. The first-order chi connectivity index (χ1) is 14.2. The molecule has 2 aromatic carbocycles. The van der Waals surface area contributed by atoms with Gasteiger partial charge in [-0.1, -0.05) is 47.6 Å². The Morgan fingerprint density at radius 1 is 1.14 bits per heavy atom. The second kappa shape index (κ2) is 7.42. The molecule has 0 spiro atoms. The molecule has 29 heavy (non-hydrogen) atoms. The average Bonchev–Trinajstić information content (AvgIpc) is 3.40. The standard InChI is InChI=1S/C22H23N5O2/c1-14-23-21(26-29-14)16-8-5-9-17(12-16)22(28)27-11-10-19-18(13-27)20(25-24-19)15-6-3-2-4-7-15/h2-9,12,18-20,24-25H,10-11,13H2,1H3. The molecule has 2 aliphatic heterocycles. The molecule has 0 saturated carbocycles. The summed E-state index contributed by atoms with van der Waals surface area (Å²) < 4.78 is 5.07. The third-order valence-corrected chi connectivity index (χ3v) is 5.85. The molecule has 3 unspecified atom stereocenters. The van der Waals surface area contributed by atoms with Gasteiger partial charge in [0.2, 0.25) is 11.7 Å². The summed E-state index contributed by atoms with van der Waals surface area (Å²) >= 11 is 0. The van der Waals surface area contributed by atoms with E-state index in [-0.39, 0.29) is 11.9 Å². The number of nitrogens with zero attached hydrogens (tertiary/aromatic N) is 3. The zero-order valence-corrected chi connectivity index (χ0v) is 16.2. The lowest BCUT2D eigenvalue weighted by molar-refractivity contribution is 0.0652. The number of nitrogens with one attached hydrogen (secondary N) is 2.